The topological polar surface area (TPSA) is 114 Å². The van der Waals surface area contributed by atoms with E-state index in [1.165, 1.54) is 33.5 Å². The maximum Gasteiger partial charge on any atom is 0.261 e. The van der Waals surface area contributed by atoms with Gasteiger partial charge in [-0.25, -0.2) is 8.42 Å². The van der Waals surface area contributed by atoms with Gasteiger partial charge < -0.3 is 24.4 Å². The molecule has 0 radical (unpaired) electrons. The molecule has 3 aromatic carbocycles. The van der Waals surface area contributed by atoms with Crippen LogP contribution < -0.4 is 10.1 Å². The Labute approximate surface area is 252 Å². The molecule has 1 N–H and O–H groups in total. The fourth-order valence-corrected chi connectivity index (χ4v) is 6.61. The summed E-state index contributed by atoms with van der Waals surface area (Å²) < 4.78 is 44.1. The lowest BCUT2D eigenvalue weighted by Crippen LogP contribution is -2.46. The zero-order chi connectivity index (χ0) is 30.1. The van der Waals surface area contributed by atoms with Crippen LogP contribution in [0.2, 0.25) is 0 Å². The summed E-state index contributed by atoms with van der Waals surface area (Å²) in [5, 5.41) is 3.00. The van der Waals surface area contributed by atoms with Crippen molar-refractivity contribution in [1.82, 2.24) is 14.5 Å². The van der Waals surface area contributed by atoms with Crippen LogP contribution in [0.4, 0.5) is 0 Å². The summed E-state index contributed by atoms with van der Waals surface area (Å²) in [7, 11) is -3.65. The fraction of sp³-hybridized carbons (Fsp3) is 0.375. The van der Waals surface area contributed by atoms with Crippen LogP contribution in [0, 0.1) is 0 Å². The molecule has 2 atom stereocenters. The molecule has 10 nitrogen and oxygen atoms in total. The second kappa shape index (κ2) is 14.6. The first-order valence-electron chi connectivity index (χ1n) is 14.5. The lowest BCUT2D eigenvalue weighted by Gasteiger charge is -2.32. The van der Waals surface area contributed by atoms with Gasteiger partial charge in [0, 0.05) is 32.8 Å². The molecule has 2 amide bonds. The second-order valence-electron chi connectivity index (χ2n) is 10.5. The van der Waals surface area contributed by atoms with Crippen molar-refractivity contribution in [2.75, 3.05) is 46.1 Å². The molecule has 3 aromatic rings. The van der Waals surface area contributed by atoms with Gasteiger partial charge in [-0.3, -0.25) is 9.59 Å². The Morgan fingerprint density at radius 1 is 0.930 bits per heavy atom. The molecule has 0 unspecified atom stereocenters. The number of morpholine rings is 1. The molecule has 0 spiro atoms. The lowest BCUT2D eigenvalue weighted by molar-refractivity contribution is -0.143. The average Bonchev–Trinajstić information content (AvgIpc) is 3.58. The highest BCUT2D eigenvalue weighted by molar-refractivity contribution is 7.89. The van der Waals surface area contributed by atoms with E-state index in [0.717, 1.165) is 18.4 Å². The summed E-state index contributed by atoms with van der Waals surface area (Å²) in [5.74, 6) is -0.355. The third-order valence-electron chi connectivity index (χ3n) is 7.51. The molecular weight excluding hydrogens is 570 g/mol. The standard InChI is InChI=1S/C32H37N3O7S/c36-30(24-42-27-13-15-29(16-14-27)43(38,39)34-17-20-40-21-18-34)35(23-25-8-3-1-4-9-25)31(26-10-5-2-6-11-26)32(37)33-22-28-12-7-19-41-28/h1-6,8-11,13-16,28,31H,7,12,17-24H2,(H,33,37)/t28-,31+/m1/s1. The van der Waals surface area contributed by atoms with E-state index >= 15 is 0 Å². The zero-order valence-electron chi connectivity index (χ0n) is 24.0. The summed E-state index contributed by atoms with van der Waals surface area (Å²) in [4.78, 5) is 29.2. The molecule has 11 heteroatoms. The molecule has 2 saturated heterocycles. The molecule has 0 bridgehead atoms. The number of benzene rings is 3. The van der Waals surface area contributed by atoms with E-state index < -0.39 is 22.0 Å². The van der Waals surface area contributed by atoms with E-state index in [0.29, 0.717) is 50.8 Å². The Morgan fingerprint density at radius 2 is 1.60 bits per heavy atom. The van der Waals surface area contributed by atoms with Crippen LogP contribution in [-0.4, -0.2) is 81.6 Å². The SMILES string of the molecule is O=C(NC[C@H]1CCCO1)[C@H](c1ccccc1)N(Cc1ccccc1)C(=O)COc1ccc(S(=O)(=O)N2CCOCC2)cc1. The first kappa shape index (κ1) is 30.7. The summed E-state index contributed by atoms with van der Waals surface area (Å²) in [6.45, 7) is 2.21. The Bertz CT molecular complexity index is 1440. The molecule has 0 saturated carbocycles. The molecule has 2 aliphatic heterocycles. The number of rotatable bonds is 12. The molecule has 0 aromatic heterocycles. The average molecular weight is 608 g/mol. The summed E-state index contributed by atoms with van der Waals surface area (Å²) in [5.41, 5.74) is 1.54. The number of nitrogens with one attached hydrogen (secondary N) is 1. The van der Waals surface area contributed by atoms with Gasteiger partial charge in [0.2, 0.25) is 15.9 Å². The van der Waals surface area contributed by atoms with Crippen LogP contribution in [0.1, 0.15) is 30.0 Å². The van der Waals surface area contributed by atoms with Crippen molar-refractivity contribution < 1.29 is 32.2 Å². The van der Waals surface area contributed by atoms with E-state index in [1.54, 1.807) is 0 Å². The van der Waals surface area contributed by atoms with Crippen molar-refractivity contribution in [3.05, 3.63) is 96.1 Å². The zero-order valence-corrected chi connectivity index (χ0v) is 24.8. The molecule has 2 aliphatic rings. The van der Waals surface area contributed by atoms with Crippen LogP contribution in [0.25, 0.3) is 0 Å². The maximum atomic E-state index is 13.8. The van der Waals surface area contributed by atoms with E-state index in [4.69, 9.17) is 14.2 Å². The van der Waals surface area contributed by atoms with Gasteiger partial charge in [-0.15, -0.1) is 0 Å². The first-order chi connectivity index (χ1) is 20.9. The predicted octanol–water partition coefficient (Wildman–Crippen LogP) is 3.15. The third-order valence-corrected chi connectivity index (χ3v) is 9.43. The summed E-state index contributed by atoms with van der Waals surface area (Å²) in [6, 6.07) is 23.8. The van der Waals surface area contributed by atoms with Crippen molar-refractivity contribution in [2.45, 2.75) is 36.4 Å². The highest BCUT2D eigenvalue weighted by Crippen LogP contribution is 2.25. The number of hydrogen-bond donors (Lipinski definition) is 1. The number of sulfonamides is 1. The predicted molar refractivity (Wildman–Crippen MR) is 160 cm³/mol. The summed E-state index contributed by atoms with van der Waals surface area (Å²) in [6.07, 6.45) is 1.79. The van der Waals surface area contributed by atoms with Crippen LogP contribution in [0.5, 0.6) is 5.75 Å². The largest absolute Gasteiger partial charge is 0.484 e. The van der Waals surface area contributed by atoms with Crippen LogP contribution in [-0.2, 0) is 35.6 Å². The third kappa shape index (κ3) is 7.99. The number of hydrogen-bond acceptors (Lipinski definition) is 7. The molecular formula is C32H37N3O7S. The number of ether oxygens (including phenoxy) is 3. The van der Waals surface area contributed by atoms with Crippen LogP contribution >= 0.6 is 0 Å². The Hall–Kier alpha value is -3.77. The fourth-order valence-electron chi connectivity index (χ4n) is 5.20. The second-order valence-corrected chi connectivity index (χ2v) is 12.4. The Kier molecular flexibility index (Phi) is 10.4. The highest BCUT2D eigenvalue weighted by Gasteiger charge is 2.33. The van der Waals surface area contributed by atoms with Crippen LogP contribution in [0.3, 0.4) is 0 Å². The monoisotopic (exact) mass is 607 g/mol. The van der Waals surface area contributed by atoms with Gasteiger partial charge in [0.25, 0.3) is 5.91 Å². The molecule has 228 valence electrons. The van der Waals surface area contributed by atoms with Gasteiger partial charge in [0.1, 0.15) is 11.8 Å². The van der Waals surface area contributed by atoms with E-state index in [-0.39, 0.29) is 30.1 Å². The lowest BCUT2D eigenvalue weighted by atomic mass is 10.0. The minimum Gasteiger partial charge on any atom is -0.484 e. The van der Waals surface area contributed by atoms with E-state index in [2.05, 4.69) is 5.32 Å². The summed E-state index contributed by atoms with van der Waals surface area (Å²) >= 11 is 0. The highest BCUT2D eigenvalue weighted by atomic mass is 32.2. The maximum absolute atomic E-state index is 13.8. The van der Waals surface area contributed by atoms with Crippen molar-refractivity contribution in [2.24, 2.45) is 0 Å². The quantitative estimate of drug-likeness (QED) is 0.337. The Morgan fingerprint density at radius 3 is 2.26 bits per heavy atom. The minimum absolute atomic E-state index is 0.0444. The smallest absolute Gasteiger partial charge is 0.261 e. The Balaban J connectivity index is 1.33. The molecule has 2 fully saturated rings. The van der Waals surface area contributed by atoms with Gasteiger partial charge in [-0.05, 0) is 48.2 Å². The number of carbonyl (C=O) groups excluding carboxylic acids is 2. The van der Waals surface area contributed by atoms with Gasteiger partial charge in [-0.2, -0.15) is 4.31 Å². The van der Waals surface area contributed by atoms with Gasteiger partial charge >= 0.3 is 0 Å². The van der Waals surface area contributed by atoms with Crippen molar-refractivity contribution in [1.29, 1.82) is 0 Å². The van der Waals surface area contributed by atoms with Crippen molar-refractivity contribution in [3.63, 3.8) is 0 Å². The minimum atomic E-state index is -3.65. The van der Waals surface area contributed by atoms with Crippen molar-refractivity contribution in [3.8, 4) is 5.75 Å². The van der Waals surface area contributed by atoms with E-state index in [1.807, 2.05) is 60.7 Å². The van der Waals surface area contributed by atoms with E-state index in [9.17, 15) is 18.0 Å². The van der Waals surface area contributed by atoms with Gasteiger partial charge in [0.15, 0.2) is 6.61 Å². The molecule has 43 heavy (non-hydrogen) atoms. The number of amides is 2. The van der Waals surface area contributed by atoms with Gasteiger partial charge in [-0.1, -0.05) is 60.7 Å². The number of nitrogens with zero attached hydrogens (tertiary/aromatic N) is 2. The first-order valence-corrected chi connectivity index (χ1v) is 15.9. The molecule has 5 rings (SSSR count). The van der Waals surface area contributed by atoms with Crippen molar-refractivity contribution >= 4 is 21.8 Å². The van der Waals surface area contributed by atoms with Gasteiger partial charge in [0.05, 0.1) is 24.2 Å². The molecule has 2 heterocycles. The normalized spacial score (nSPS) is 18.1. The molecule has 0 aliphatic carbocycles. The van der Waals surface area contributed by atoms with Crippen LogP contribution in [0.15, 0.2) is 89.8 Å². The number of carbonyl (C=O) groups is 2.